The van der Waals surface area contributed by atoms with Crippen molar-refractivity contribution in [2.75, 3.05) is 33.2 Å². The molecular formula is C11H16FNO3. The van der Waals surface area contributed by atoms with Crippen molar-refractivity contribution in [3.05, 3.63) is 17.9 Å². The smallest absolute Gasteiger partial charge is 0.167 e. The second-order valence-corrected chi connectivity index (χ2v) is 3.22. The molecule has 0 amide bonds. The lowest BCUT2D eigenvalue weighted by Gasteiger charge is -2.10. The fourth-order valence-electron chi connectivity index (χ4n) is 1.22. The Kier molecular flexibility index (Phi) is 4.85. The zero-order valence-corrected chi connectivity index (χ0v) is 9.46. The normalized spacial score (nSPS) is 10.2. The summed E-state index contributed by atoms with van der Waals surface area (Å²) in [5.41, 5.74) is 5.87. The minimum absolute atomic E-state index is 0.121. The monoisotopic (exact) mass is 229 g/mol. The molecular weight excluding hydrogens is 213 g/mol. The van der Waals surface area contributed by atoms with Gasteiger partial charge in [0, 0.05) is 32.3 Å². The quantitative estimate of drug-likeness (QED) is 0.597. The third-order valence-corrected chi connectivity index (χ3v) is 2.03. The molecule has 0 heterocycles. The molecule has 5 heteroatoms. The van der Waals surface area contributed by atoms with E-state index in [1.807, 2.05) is 0 Å². The van der Waals surface area contributed by atoms with Gasteiger partial charge in [0.1, 0.15) is 5.75 Å². The molecule has 0 fully saturated rings. The fourth-order valence-corrected chi connectivity index (χ4v) is 1.22. The SMILES string of the molecule is COCCCOc1cc(OC)c(F)cc1N. The van der Waals surface area contributed by atoms with Crippen LogP contribution < -0.4 is 15.2 Å². The Labute approximate surface area is 94.1 Å². The maximum absolute atomic E-state index is 13.2. The van der Waals surface area contributed by atoms with Crippen molar-refractivity contribution >= 4 is 5.69 Å². The van der Waals surface area contributed by atoms with E-state index < -0.39 is 5.82 Å². The van der Waals surface area contributed by atoms with Crippen molar-refractivity contribution in [2.24, 2.45) is 0 Å². The van der Waals surface area contributed by atoms with E-state index in [1.165, 1.54) is 19.2 Å². The Morgan fingerprint density at radius 2 is 1.94 bits per heavy atom. The summed E-state index contributed by atoms with van der Waals surface area (Å²) in [4.78, 5) is 0. The van der Waals surface area contributed by atoms with Crippen LogP contribution in [0.2, 0.25) is 0 Å². The molecule has 0 aromatic heterocycles. The maximum atomic E-state index is 13.2. The molecule has 4 nitrogen and oxygen atoms in total. The van der Waals surface area contributed by atoms with Gasteiger partial charge in [0.2, 0.25) is 0 Å². The van der Waals surface area contributed by atoms with Gasteiger partial charge in [-0.2, -0.15) is 0 Å². The van der Waals surface area contributed by atoms with Crippen LogP contribution in [0.5, 0.6) is 11.5 Å². The lowest BCUT2D eigenvalue weighted by Crippen LogP contribution is -2.04. The van der Waals surface area contributed by atoms with Gasteiger partial charge in [0.05, 0.1) is 19.4 Å². The zero-order valence-electron chi connectivity index (χ0n) is 9.46. The molecule has 1 rings (SSSR count). The van der Waals surface area contributed by atoms with Crippen molar-refractivity contribution in [3.8, 4) is 11.5 Å². The lowest BCUT2D eigenvalue weighted by molar-refractivity contribution is 0.172. The van der Waals surface area contributed by atoms with E-state index in [4.69, 9.17) is 19.9 Å². The lowest BCUT2D eigenvalue weighted by atomic mass is 10.2. The summed E-state index contributed by atoms with van der Waals surface area (Å²) < 4.78 is 28.3. The van der Waals surface area contributed by atoms with Crippen LogP contribution in [0.4, 0.5) is 10.1 Å². The topological polar surface area (TPSA) is 53.7 Å². The summed E-state index contributed by atoms with van der Waals surface area (Å²) in [5.74, 6) is 0.0505. The summed E-state index contributed by atoms with van der Waals surface area (Å²) in [5, 5.41) is 0. The molecule has 2 N–H and O–H groups in total. The van der Waals surface area contributed by atoms with Crippen molar-refractivity contribution < 1.29 is 18.6 Å². The van der Waals surface area contributed by atoms with E-state index in [1.54, 1.807) is 7.11 Å². The maximum Gasteiger partial charge on any atom is 0.167 e. The predicted octanol–water partition coefficient (Wildman–Crippen LogP) is 1.83. The highest BCUT2D eigenvalue weighted by molar-refractivity contribution is 5.56. The van der Waals surface area contributed by atoms with E-state index in [2.05, 4.69) is 0 Å². The third kappa shape index (κ3) is 3.27. The molecule has 90 valence electrons. The van der Waals surface area contributed by atoms with Gasteiger partial charge >= 0.3 is 0 Å². The van der Waals surface area contributed by atoms with Gasteiger partial charge in [-0.15, -0.1) is 0 Å². The molecule has 0 unspecified atom stereocenters. The largest absolute Gasteiger partial charge is 0.494 e. The van der Waals surface area contributed by atoms with Gasteiger partial charge in [-0.1, -0.05) is 0 Å². The first kappa shape index (κ1) is 12.6. The van der Waals surface area contributed by atoms with Gasteiger partial charge < -0.3 is 19.9 Å². The number of hydrogen-bond acceptors (Lipinski definition) is 4. The van der Waals surface area contributed by atoms with Crippen LogP contribution in [-0.4, -0.2) is 27.4 Å². The zero-order chi connectivity index (χ0) is 12.0. The van der Waals surface area contributed by atoms with Gasteiger partial charge in [-0.05, 0) is 0 Å². The van der Waals surface area contributed by atoms with E-state index in [0.717, 1.165) is 6.42 Å². The highest BCUT2D eigenvalue weighted by Crippen LogP contribution is 2.29. The summed E-state index contributed by atoms with van der Waals surface area (Å²) in [6.45, 7) is 1.07. The molecule has 16 heavy (non-hydrogen) atoms. The van der Waals surface area contributed by atoms with E-state index in [-0.39, 0.29) is 11.4 Å². The average molecular weight is 229 g/mol. The number of rotatable bonds is 6. The minimum Gasteiger partial charge on any atom is -0.494 e. The Hall–Kier alpha value is -1.49. The van der Waals surface area contributed by atoms with Crippen LogP contribution in [0.15, 0.2) is 12.1 Å². The molecule has 0 radical (unpaired) electrons. The standard InChI is InChI=1S/C11H16FNO3/c1-14-4-3-5-16-11-7-10(15-2)8(12)6-9(11)13/h6-7H,3-5,13H2,1-2H3. The van der Waals surface area contributed by atoms with Crippen LogP contribution >= 0.6 is 0 Å². The number of ether oxygens (including phenoxy) is 3. The molecule has 1 aromatic carbocycles. The first-order valence-electron chi connectivity index (χ1n) is 4.93. The minimum atomic E-state index is -0.496. The van der Waals surface area contributed by atoms with E-state index >= 15 is 0 Å². The summed E-state index contributed by atoms with van der Waals surface area (Å²) in [7, 11) is 3.01. The number of nitrogen functional groups attached to an aromatic ring is 1. The molecule has 0 aliphatic heterocycles. The Bertz CT molecular complexity index is 344. The molecule has 1 aromatic rings. The second kappa shape index (κ2) is 6.17. The van der Waals surface area contributed by atoms with Crippen molar-refractivity contribution in [1.29, 1.82) is 0 Å². The molecule has 0 aliphatic rings. The van der Waals surface area contributed by atoms with Crippen LogP contribution in [0.1, 0.15) is 6.42 Å². The van der Waals surface area contributed by atoms with E-state index in [9.17, 15) is 4.39 Å². The first-order chi connectivity index (χ1) is 7.69. The molecule has 0 spiro atoms. The Morgan fingerprint density at radius 3 is 2.56 bits per heavy atom. The summed E-state index contributed by atoms with van der Waals surface area (Å²) in [6.07, 6.45) is 0.746. The second-order valence-electron chi connectivity index (χ2n) is 3.22. The number of methoxy groups -OCH3 is 2. The molecule has 0 saturated carbocycles. The number of benzene rings is 1. The number of anilines is 1. The number of hydrogen-bond donors (Lipinski definition) is 1. The molecule has 0 aliphatic carbocycles. The Morgan fingerprint density at radius 1 is 1.19 bits per heavy atom. The summed E-state index contributed by atoms with van der Waals surface area (Å²) >= 11 is 0. The Balaban J connectivity index is 2.64. The third-order valence-electron chi connectivity index (χ3n) is 2.03. The first-order valence-corrected chi connectivity index (χ1v) is 4.93. The van der Waals surface area contributed by atoms with Crippen LogP contribution in [0.25, 0.3) is 0 Å². The van der Waals surface area contributed by atoms with Gasteiger partial charge in [0.15, 0.2) is 11.6 Å². The predicted molar refractivity (Wildman–Crippen MR) is 59.4 cm³/mol. The van der Waals surface area contributed by atoms with Crippen molar-refractivity contribution in [2.45, 2.75) is 6.42 Å². The van der Waals surface area contributed by atoms with Gasteiger partial charge in [-0.25, -0.2) is 4.39 Å². The highest BCUT2D eigenvalue weighted by atomic mass is 19.1. The summed E-state index contributed by atoms with van der Waals surface area (Å²) in [6, 6.07) is 2.63. The average Bonchev–Trinajstić information content (AvgIpc) is 2.27. The van der Waals surface area contributed by atoms with Crippen molar-refractivity contribution in [3.63, 3.8) is 0 Å². The van der Waals surface area contributed by atoms with Crippen LogP contribution in [0, 0.1) is 5.82 Å². The fraction of sp³-hybridized carbons (Fsp3) is 0.455. The molecule has 0 bridgehead atoms. The molecule has 0 saturated heterocycles. The van der Waals surface area contributed by atoms with Gasteiger partial charge in [0.25, 0.3) is 0 Å². The number of nitrogens with two attached hydrogens (primary N) is 1. The number of halogens is 1. The van der Waals surface area contributed by atoms with Crippen molar-refractivity contribution in [1.82, 2.24) is 0 Å². The highest BCUT2D eigenvalue weighted by Gasteiger charge is 2.08. The van der Waals surface area contributed by atoms with Gasteiger partial charge in [-0.3, -0.25) is 0 Å². The van der Waals surface area contributed by atoms with Crippen LogP contribution in [-0.2, 0) is 4.74 Å². The van der Waals surface area contributed by atoms with E-state index in [0.29, 0.717) is 19.0 Å². The van der Waals surface area contributed by atoms with Crippen LogP contribution in [0.3, 0.4) is 0 Å². The molecule has 0 atom stereocenters.